The van der Waals surface area contributed by atoms with Crippen LogP contribution in [0.4, 0.5) is 5.69 Å². The van der Waals surface area contributed by atoms with Crippen LogP contribution in [0.25, 0.3) is 10.9 Å². The Kier molecular flexibility index (Phi) is 3.78. The molecule has 6 nitrogen and oxygen atoms in total. The number of aromatic amines is 1. The first-order chi connectivity index (χ1) is 11.0. The average Bonchev–Trinajstić information content (AvgIpc) is 3.33. The summed E-state index contributed by atoms with van der Waals surface area (Å²) in [5, 5.41) is 12.4. The molecule has 1 aromatic heterocycles. The van der Waals surface area contributed by atoms with Crippen molar-refractivity contribution in [1.82, 2.24) is 4.98 Å². The Hall–Kier alpha value is -2.81. The van der Waals surface area contributed by atoms with Crippen molar-refractivity contribution in [2.75, 3.05) is 11.9 Å². The first-order valence-electron chi connectivity index (χ1n) is 7.59. The van der Waals surface area contributed by atoms with Crippen molar-refractivity contribution in [1.29, 1.82) is 5.26 Å². The van der Waals surface area contributed by atoms with Gasteiger partial charge in [0, 0.05) is 30.0 Å². The van der Waals surface area contributed by atoms with E-state index in [1.807, 2.05) is 13.0 Å². The maximum absolute atomic E-state index is 12.6. The summed E-state index contributed by atoms with van der Waals surface area (Å²) in [5.41, 5.74) is 1.62. The van der Waals surface area contributed by atoms with Crippen LogP contribution < -0.4 is 15.5 Å². The second-order valence-electron chi connectivity index (χ2n) is 5.64. The summed E-state index contributed by atoms with van der Waals surface area (Å²) in [4.78, 5) is 27.2. The summed E-state index contributed by atoms with van der Waals surface area (Å²) < 4.78 is 5.56. The third-order valence-corrected chi connectivity index (χ3v) is 3.84. The molecule has 2 N–H and O–H groups in total. The van der Waals surface area contributed by atoms with Gasteiger partial charge in [0.1, 0.15) is 17.4 Å². The minimum atomic E-state index is -0.308. The molecule has 1 heterocycles. The van der Waals surface area contributed by atoms with Crippen molar-refractivity contribution >= 4 is 22.5 Å². The number of carbonyl (C=O) groups is 1. The average molecular weight is 311 g/mol. The molecule has 6 heteroatoms. The van der Waals surface area contributed by atoms with Gasteiger partial charge >= 0.3 is 0 Å². The van der Waals surface area contributed by atoms with Crippen molar-refractivity contribution in [2.24, 2.45) is 0 Å². The number of hydrogen-bond acceptors (Lipinski definition) is 4. The van der Waals surface area contributed by atoms with Gasteiger partial charge in [0.15, 0.2) is 0 Å². The summed E-state index contributed by atoms with van der Waals surface area (Å²) in [7, 11) is 0. The quantitative estimate of drug-likeness (QED) is 0.907. The lowest BCUT2D eigenvalue weighted by Crippen LogP contribution is -2.14. The Morgan fingerprint density at radius 1 is 1.48 bits per heavy atom. The summed E-state index contributed by atoms with van der Waals surface area (Å²) in [6.07, 6.45) is 1.97. The second kappa shape index (κ2) is 5.76. The Bertz CT molecular complexity index is 889. The van der Waals surface area contributed by atoms with Gasteiger partial charge in [-0.05, 0) is 25.8 Å². The van der Waals surface area contributed by atoms with Gasteiger partial charge in [0.05, 0.1) is 17.8 Å². The fourth-order valence-corrected chi connectivity index (χ4v) is 2.69. The molecule has 1 amide bonds. The number of anilines is 1. The molecule has 0 unspecified atom stereocenters. The Morgan fingerprint density at radius 3 is 2.78 bits per heavy atom. The van der Waals surface area contributed by atoms with Crippen LogP contribution in [0, 0.1) is 11.3 Å². The van der Waals surface area contributed by atoms with Gasteiger partial charge in [0.25, 0.3) is 0 Å². The molecule has 0 radical (unpaired) electrons. The number of H-pyrrole nitrogens is 1. The predicted octanol–water partition coefficient (Wildman–Crippen LogP) is 2.63. The van der Waals surface area contributed by atoms with E-state index in [1.165, 1.54) is 6.92 Å². The normalized spacial score (nSPS) is 13.6. The van der Waals surface area contributed by atoms with Crippen molar-refractivity contribution in [3.63, 3.8) is 0 Å². The SMILES string of the molecule is CCOc1cc2[nH]c(C3CC3)c(C#N)c(=O)c2cc1NC(C)=O. The lowest BCUT2D eigenvalue weighted by atomic mass is 10.1. The van der Waals surface area contributed by atoms with E-state index in [4.69, 9.17) is 4.74 Å². The molecule has 1 fully saturated rings. The first kappa shape index (κ1) is 15.1. The molecule has 0 saturated heterocycles. The second-order valence-corrected chi connectivity index (χ2v) is 5.64. The Morgan fingerprint density at radius 2 is 2.22 bits per heavy atom. The van der Waals surface area contributed by atoms with E-state index >= 15 is 0 Å². The van der Waals surface area contributed by atoms with Crippen molar-refractivity contribution in [2.45, 2.75) is 32.6 Å². The number of ether oxygens (including phenoxy) is 1. The van der Waals surface area contributed by atoms with Crippen LogP contribution in [0.2, 0.25) is 0 Å². The molecule has 1 aromatic carbocycles. The molecular weight excluding hydrogens is 294 g/mol. The molecule has 1 aliphatic rings. The monoisotopic (exact) mass is 311 g/mol. The number of nitrogens with zero attached hydrogens (tertiary/aromatic N) is 1. The van der Waals surface area contributed by atoms with Gasteiger partial charge in [-0.15, -0.1) is 0 Å². The highest BCUT2D eigenvalue weighted by atomic mass is 16.5. The fraction of sp³-hybridized carbons (Fsp3) is 0.353. The van der Waals surface area contributed by atoms with E-state index < -0.39 is 0 Å². The van der Waals surface area contributed by atoms with Gasteiger partial charge in [0.2, 0.25) is 11.3 Å². The largest absolute Gasteiger partial charge is 0.492 e. The zero-order valence-corrected chi connectivity index (χ0v) is 13.0. The number of benzene rings is 1. The van der Waals surface area contributed by atoms with E-state index in [-0.39, 0.29) is 22.8 Å². The summed E-state index contributed by atoms with van der Waals surface area (Å²) >= 11 is 0. The third kappa shape index (κ3) is 2.78. The molecule has 1 saturated carbocycles. The van der Waals surface area contributed by atoms with Crippen LogP contribution >= 0.6 is 0 Å². The number of amides is 1. The predicted molar refractivity (Wildman–Crippen MR) is 86.7 cm³/mol. The highest BCUT2D eigenvalue weighted by Crippen LogP contribution is 2.41. The topological polar surface area (TPSA) is 95.0 Å². The first-order valence-corrected chi connectivity index (χ1v) is 7.59. The van der Waals surface area contributed by atoms with Gasteiger partial charge in [-0.25, -0.2) is 0 Å². The summed E-state index contributed by atoms with van der Waals surface area (Å²) in [6, 6.07) is 5.29. The zero-order valence-electron chi connectivity index (χ0n) is 13.0. The maximum atomic E-state index is 12.6. The minimum Gasteiger partial charge on any atom is -0.492 e. The molecule has 1 aliphatic carbocycles. The third-order valence-electron chi connectivity index (χ3n) is 3.84. The van der Waals surface area contributed by atoms with Gasteiger partial charge in [-0.3, -0.25) is 9.59 Å². The molecule has 2 aromatic rings. The standard InChI is InChI=1S/C17H17N3O3/c1-3-23-15-7-13-11(6-14(15)19-9(2)21)17(22)12(8-18)16(20-13)10-4-5-10/h6-7,10H,3-5H2,1-2H3,(H,19,21)(H,20,22). The van der Waals surface area contributed by atoms with Gasteiger partial charge < -0.3 is 15.0 Å². The van der Waals surface area contributed by atoms with Crippen molar-refractivity contribution in [3.8, 4) is 11.8 Å². The number of nitriles is 1. The lowest BCUT2D eigenvalue weighted by Gasteiger charge is -2.13. The molecular formula is C17H17N3O3. The van der Waals surface area contributed by atoms with Crippen molar-refractivity contribution in [3.05, 3.63) is 33.6 Å². The number of carbonyl (C=O) groups excluding carboxylic acids is 1. The zero-order chi connectivity index (χ0) is 16.6. The summed E-state index contributed by atoms with van der Waals surface area (Å²) in [6.45, 7) is 3.67. The van der Waals surface area contributed by atoms with Crippen LogP contribution in [0.1, 0.15) is 43.9 Å². The molecule has 3 rings (SSSR count). The highest BCUT2D eigenvalue weighted by Gasteiger charge is 2.29. The van der Waals surface area contributed by atoms with E-state index in [1.54, 1.807) is 12.1 Å². The van der Waals surface area contributed by atoms with E-state index in [2.05, 4.69) is 10.3 Å². The lowest BCUT2D eigenvalue weighted by molar-refractivity contribution is -0.114. The number of hydrogen-bond donors (Lipinski definition) is 2. The highest BCUT2D eigenvalue weighted by molar-refractivity contribution is 5.95. The van der Waals surface area contributed by atoms with Crippen LogP contribution in [-0.4, -0.2) is 17.5 Å². The smallest absolute Gasteiger partial charge is 0.221 e. The minimum absolute atomic E-state index is 0.165. The van der Waals surface area contributed by atoms with Crippen LogP contribution in [0.15, 0.2) is 16.9 Å². The van der Waals surface area contributed by atoms with Crippen LogP contribution in [0.3, 0.4) is 0 Å². The van der Waals surface area contributed by atoms with E-state index in [0.29, 0.717) is 34.6 Å². The number of pyridine rings is 1. The molecule has 0 spiro atoms. The number of rotatable bonds is 4. The van der Waals surface area contributed by atoms with Gasteiger partial charge in [-0.1, -0.05) is 0 Å². The number of fused-ring (bicyclic) bond motifs is 1. The molecule has 0 atom stereocenters. The molecule has 118 valence electrons. The number of aromatic nitrogens is 1. The van der Waals surface area contributed by atoms with Crippen LogP contribution in [0.5, 0.6) is 5.75 Å². The Labute approximate surface area is 133 Å². The van der Waals surface area contributed by atoms with E-state index in [9.17, 15) is 14.9 Å². The Balaban J connectivity index is 2.27. The number of nitrogens with one attached hydrogen (secondary N) is 2. The van der Waals surface area contributed by atoms with Crippen LogP contribution in [-0.2, 0) is 4.79 Å². The van der Waals surface area contributed by atoms with Crippen molar-refractivity contribution < 1.29 is 9.53 Å². The molecule has 23 heavy (non-hydrogen) atoms. The summed E-state index contributed by atoms with van der Waals surface area (Å²) in [5.74, 6) is 0.501. The molecule has 0 aliphatic heterocycles. The maximum Gasteiger partial charge on any atom is 0.221 e. The fourth-order valence-electron chi connectivity index (χ4n) is 2.69. The van der Waals surface area contributed by atoms with E-state index in [0.717, 1.165) is 12.8 Å². The van der Waals surface area contributed by atoms with Gasteiger partial charge in [-0.2, -0.15) is 5.26 Å². The molecule has 0 bridgehead atoms.